The van der Waals surface area contributed by atoms with Crippen LogP contribution in [0.4, 0.5) is 0 Å². The van der Waals surface area contributed by atoms with Gasteiger partial charge in [-0.1, -0.05) is 0 Å². The van der Waals surface area contributed by atoms with Gasteiger partial charge in [-0.25, -0.2) is 0 Å². The molecule has 7 nitrogen and oxygen atoms in total. The van der Waals surface area contributed by atoms with Gasteiger partial charge in [-0.15, -0.1) is 10.2 Å². The predicted octanol–water partition coefficient (Wildman–Crippen LogP) is 0.103. The normalized spacial score (nSPS) is 13.2. The van der Waals surface area contributed by atoms with Crippen LogP contribution in [0.2, 0.25) is 0 Å². The summed E-state index contributed by atoms with van der Waals surface area (Å²) in [4.78, 5) is 22.7. The van der Waals surface area contributed by atoms with Crippen LogP contribution in [-0.4, -0.2) is 31.7 Å². The average Bonchev–Trinajstić information content (AvgIpc) is 2.63. The topological polar surface area (TPSA) is 97.1 Å². The molecule has 2 N–H and O–H groups in total. The van der Waals surface area contributed by atoms with Crippen molar-refractivity contribution in [1.29, 1.82) is 0 Å². The molecule has 94 valence electrons. The number of aryl methyl sites for hydroxylation is 1. The van der Waals surface area contributed by atoms with Gasteiger partial charge in [0.2, 0.25) is 5.91 Å². The Kier molecular flexibility index (Phi) is 3.50. The molecule has 0 saturated heterocycles. The lowest BCUT2D eigenvalue weighted by Crippen LogP contribution is -2.43. The maximum absolute atomic E-state index is 11.8. The highest BCUT2D eigenvalue weighted by Gasteiger charge is 2.37. The van der Waals surface area contributed by atoms with Gasteiger partial charge >= 0.3 is 5.97 Å². The second kappa shape index (κ2) is 4.52. The summed E-state index contributed by atoms with van der Waals surface area (Å²) in [6.07, 6.45) is 1.51. The van der Waals surface area contributed by atoms with Gasteiger partial charge in [0.25, 0.3) is 0 Å². The van der Waals surface area contributed by atoms with E-state index in [9.17, 15) is 9.59 Å². The van der Waals surface area contributed by atoms with E-state index in [-0.39, 0.29) is 0 Å². The fourth-order valence-electron chi connectivity index (χ4n) is 1.22. The fraction of sp³-hybridized carbons (Fsp3) is 0.600. The van der Waals surface area contributed by atoms with Crippen molar-refractivity contribution in [2.45, 2.75) is 26.8 Å². The van der Waals surface area contributed by atoms with Crippen LogP contribution in [0.25, 0.3) is 0 Å². The van der Waals surface area contributed by atoms with E-state index >= 15 is 0 Å². The summed E-state index contributed by atoms with van der Waals surface area (Å²) in [6, 6.07) is -0.395. The number of hydrogen-bond donors (Lipinski definition) is 2. The number of carbonyl (C=O) groups excluding carboxylic acids is 1. The minimum atomic E-state index is -1.47. The summed E-state index contributed by atoms with van der Waals surface area (Å²) < 4.78 is 1.67. The molecule has 0 bridgehead atoms. The van der Waals surface area contributed by atoms with Gasteiger partial charge < -0.3 is 15.0 Å². The van der Waals surface area contributed by atoms with Gasteiger partial charge in [0.1, 0.15) is 11.7 Å². The van der Waals surface area contributed by atoms with Crippen molar-refractivity contribution in [2.75, 3.05) is 0 Å². The Morgan fingerprint density at radius 2 is 2.12 bits per heavy atom. The monoisotopic (exact) mass is 240 g/mol. The van der Waals surface area contributed by atoms with Crippen molar-refractivity contribution < 1.29 is 14.7 Å². The molecule has 17 heavy (non-hydrogen) atoms. The molecule has 1 rings (SSSR count). The molecule has 1 aromatic rings. The van der Waals surface area contributed by atoms with Gasteiger partial charge in [-0.2, -0.15) is 0 Å². The largest absolute Gasteiger partial charge is 0.480 e. The first-order valence-corrected chi connectivity index (χ1v) is 5.15. The number of carboxylic acids is 1. The van der Waals surface area contributed by atoms with Crippen molar-refractivity contribution in [3.05, 3.63) is 12.2 Å². The first-order chi connectivity index (χ1) is 7.76. The van der Waals surface area contributed by atoms with Crippen molar-refractivity contribution in [3.63, 3.8) is 0 Å². The molecule has 1 aromatic heterocycles. The lowest BCUT2D eigenvalue weighted by molar-refractivity contribution is -0.153. The van der Waals surface area contributed by atoms with Gasteiger partial charge in [0, 0.05) is 7.05 Å². The molecule has 0 aliphatic rings. The van der Waals surface area contributed by atoms with Crippen LogP contribution >= 0.6 is 0 Å². The van der Waals surface area contributed by atoms with Crippen molar-refractivity contribution in [3.8, 4) is 0 Å². The smallest absolute Gasteiger partial charge is 0.318 e. The number of aliphatic carboxylic acids is 1. The molecule has 0 aliphatic heterocycles. The number of aromatic nitrogens is 3. The molecule has 0 spiro atoms. The summed E-state index contributed by atoms with van der Waals surface area (Å²) in [6.45, 7) is 4.43. The highest BCUT2D eigenvalue weighted by atomic mass is 16.4. The molecule has 1 atom stereocenters. The van der Waals surface area contributed by atoms with Crippen LogP contribution in [0, 0.1) is 5.41 Å². The van der Waals surface area contributed by atoms with E-state index in [4.69, 9.17) is 5.11 Å². The summed E-state index contributed by atoms with van der Waals surface area (Å²) in [7, 11) is 1.75. The number of nitrogens with one attached hydrogen (secondary N) is 1. The molecule has 1 heterocycles. The Morgan fingerprint density at radius 3 is 2.53 bits per heavy atom. The maximum Gasteiger partial charge on any atom is 0.318 e. The SMILES string of the molecule is CC(NC(=O)C(C)(C)C(=O)O)c1nncn1C. The Balaban J connectivity index is 2.77. The van der Waals surface area contributed by atoms with Crippen LogP contribution in [0.5, 0.6) is 0 Å². The Labute approximate surface area is 98.8 Å². The number of amides is 1. The van der Waals surface area contributed by atoms with Crippen LogP contribution in [0.1, 0.15) is 32.6 Å². The van der Waals surface area contributed by atoms with Crippen LogP contribution in [0.15, 0.2) is 6.33 Å². The van der Waals surface area contributed by atoms with Crippen LogP contribution < -0.4 is 5.32 Å². The van der Waals surface area contributed by atoms with Crippen molar-refractivity contribution in [2.24, 2.45) is 12.5 Å². The summed E-state index contributed by atoms with van der Waals surface area (Å²) >= 11 is 0. The minimum Gasteiger partial charge on any atom is -0.480 e. The minimum absolute atomic E-state index is 0.395. The average molecular weight is 240 g/mol. The Bertz CT molecular complexity index is 439. The molecule has 0 radical (unpaired) electrons. The zero-order chi connectivity index (χ0) is 13.2. The summed E-state index contributed by atoms with van der Waals surface area (Å²) in [5.41, 5.74) is -1.47. The second-order valence-corrected chi connectivity index (χ2v) is 4.43. The van der Waals surface area contributed by atoms with Gasteiger partial charge in [0.05, 0.1) is 6.04 Å². The van der Waals surface area contributed by atoms with E-state index in [1.165, 1.54) is 20.2 Å². The highest BCUT2D eigenvalue weighted by Crippen LogP contribution is 2.17. The Hall–Kier alpha value is -1.92. The number of carboxylic acid groups (broad SMARTS) is 1. The van der Waals surface area contributed by atoms with Gasteiger partial charge in [0.15, 0.2) is 5.82 Å². The quantitative estimate of drug-likeness (QED) is 0.728. The molecular formula is C10H16N4O3. The zero-order valence-corrected chi connectivity index (χ0v) is 10.3. The molecule has 0 aliphatic carbocycles. The summed E-state index contributed by atoms with van der Waals surface area (Å²) in [5, 5.41) is 19.1. The van der Waals surface area contributed by atoms with E-state index in [2.05, 4.69) is 15.5 Å². The highest BCUT2D eigenvalue weighted by molar-refractivity contribution is 6.01. The fourth-order valence-corrected chi connectivity index (χ4v) is 1.22. The number of carbonyl (C=O) groups is 2. The second-order valence-electron chi connectivity index (χ2n) is 4.43. The number of nitrogens with zero attached hydrogens (tertiary/aromatic N) is 3. The third-order valence-electron chi connectivity index (χ3n) is 2.58. The summed E-state index contributed by atoms with van der Waals surface area (Å²) in [5.74, 6) is -1.15. The van der Waals surface area contributed by atoms with E-state index < -0.39 is 23.3 Å². The van der Waals surface area contributed by atoms with E-state index in [1.807, 2.05) is 0 Å². The first kappa shape index (κ1) is 13.1. The van der Waals surface area contributed by atoms with Crippen molar-refractivity contribution >= 4 is 11.9 Å². The molecule has 0 fully saturated rings. The van der Waals surface area contributed by atoms with E-state index in [0.717, 1.165) is 0 Å². The first-order valence-electron chi connectivity index (χ1n) is 5.15. The zero-order valence-electron chi connectivity index (χ0n) is 10.3. The third-order valence-corrected chi connectivity index (χ3v) is 2.58. The molecule has 1 unspecified atom stereocenters. The molecule has 7 heteroatoms. The van der Waals surface area contributed by atoms with Crippen LogP contribution in [-0.2, 0) is 16.6 Å². The van der Waals surface area contributed by atoms with Gasteiger partial charge in [-0.3, -0.25) is 9.59 Å². The van der Waals surface area contributed by atoms with Crippen LogP contribution in [0.3, 0.4) is 0 Å². The number of rotatable bonds is 4. The molecule has 1 amide bonds. The molecular weight excluding hydrogens is 224 g/mol. The van der Waals surface area contributed by atoms with Crippen molar-refractivity contribution in [1.82, 2.24) is 20.1 Å². The van der Waals surface area contributed by atoms with E-state index in [1.54, 1.807) is 18.5 Å². The van der Waals surface area contributed by atoms with E-state index in [0.29, 0.717) is 5.82 Å². The number of hydrogen-bond acceptors (Lipinski definition) is 4. The Morgan fingerprint density at radius 1 is 1.53 bits per heavy atom. The lowest BCUT2D eigenvalue weighted by atomic mass is 9.92. The lowest BCUT2D eigenvalue weighted by Gasteiger charge is -2.21. The van der Waals surface area contributed by atoms with Gasteiger partial charge in [-0.05, 0) is 20.8 Å². The standard InChI is InChI=1S/C10H16N4O3/c1-6(7-13-11-5-14(7)4)12-8(15)10(2,3)9(16)17/h5-6H,1-4H3,(H,12,15)(H,16,17). The third kappa shape index (κ3) is 2.61. The molecule has 0 aromatic carbocycles. The molecule has 0 saturated carbocycles. The maximum atomic E-state index is 11.8. The predicted molar refractivity (Wildman–Crippen MR) is 59.0 cm³/mol.